The van der Waals surface area contributed by atoms with Crippen LogP contribution in [0.1, 0.15) is 31.7 Å². The summed E-state index contributed by atoms with van der Waals surface area (Å²) in [6.07, 6.45) is -1.24. The summed E-state index contributed by atoms with van der Waals surface area (Å²) in [4.78, 5) is 0. The molecule has 0 saturated carbocycles. The topological polar surface area (TPSA) is 30.9 Å². The molecule has 2 rings (SSSR count). The number of rotatable bonds is 6. The first kappa shape index (κ1) is 15.9. The maximum Gasteiger partial charge on any atom is 0.389 e. The van der Waals surface area contributed by atoms with Gasteiger partial charge in [0.2, 0.25) is 0 Å². The Hall–Kier alpha value is -1.49. The molecule has 2 N–H and O–H groups in total. The zero-order chi connectivity index (χ0) is 15.5. The molecule has 1 aromatic heterocycles. The van der Waals surface area contributed by atoms with E-state index in [1.807, 2.05) is 42.0 Å². The molecule has 116 valence electrons. The summed E-state index contributed by atoms with van der Waals surface area (Å²) in [6.45, 7) is 2.41. The van der Waals surface area contributed by atoms with E-state index >= 15 is 0 Å². The van der Waals surface area contributed by atoms with Crippen LogP contribution in [0.5, 0.6) is 0 Å². The van der Waals surface area contributed by atoms with Crippen LogP contribution >= 0.6 is 0 Å². The number of para-hydroxylation sites is 1. The molecule has 1 unspecified atom stereocenters. The Morgan fingerprint density at radius 2 is 2.00 bits per heavy atom. The lowest BCUT2D eigenvalue weighted by molar-refractivity contribution is -0.135. The van der Waals surface area contributed by atoms with Gasteiger partial charge < -0.3 is 10.3 Å². The van der Waals surface area contributed by atoms with Gasteiger partial charge in [-0.2, -0.15) is 13.2 Å². The van der Waals surface area contributed by atoms with Crippen molar-refractivity contribution in [2.45, 2.75) is 51.4 Å². The number of alkyl halides is 3. The highest BCUT2D eigenvalue weighted by Gasteiger charge is 2.26. The molecule has 0 bridgehead atoms. The van der Waals surface area contributed by atoms with E-state index in [9.17, 15) is 13.2 Å². The normalized spacial score (nSPS) is 13.8. The van der Waals surface area contributed by atoms with Crippen molar-refractivity contribution in [2.75, 3.05) is 0 Å². The van der Waals surface area contributed by atoms with Crippen LogP contribution in [0.4, 0.5) is 13.2 Å². The lowest BCUT2D eigenvalue weighted by Crippen LogP contribution is -2.21. The summed E-state index contributed by atoms with van der Waals surface area (Å²) in [6, 6.07) is 7.99. The molecule has 0 saturated heterocycles. The van der Waals surface area contributed by atoms with Crippen LogP contribution in [0.25, 0.3) is 10.9 Å². The van der Waals surface area contributed by atoms with Crippen LogP contribution < -0.4 is 5.73 Å². The molecule has 0 spiro atoms. The summed E-state index contributed by atoms with van der Waals surface area (Å²) in [7, 11) is 0. The van der Waals surface area contributed by atoms with E-state index in [2.05, 4.69) is 0 Å². The second-order valence-electron chi connectivity index (χ2n) is 5.46. The third kappa shape index (κ3) is 4.24. The number of halogens is 3. The fourth-order valence-corrected chi connectivity index (χ4v) is 2.57. The molecular formula is C16H21F3N2. The third-order valence-electron chi connectivity index (χ3n) is 3.74. The number of hydrogen-bond acceptors (Lipinski definition) is 1. The number of nitrogens with two attached hydrogens (primary N) is 1. The molecule has 0 aliphatic rings. The minimum atomic E-state index is -4.09. The van der Waals surface area contributed by atoms with Crippen molar-refractivity contribution in [3.8, 4) is 0 Å². The first-order valence-electron chi connectivity index (χ1n) is 7.30. The van der Waals surface area contributed by atoms with Crippen LogP contribution in [0.15, 0.2) is 30.5 Å². The number of aromatic nitrogens is 1. The van der Waals surface area contributed by atoms with Crippen LogP contribution in [0.3, 0.4) is 0 Å². The van der Waals surface area contributed by atoms with Crippen molar-refractivity contribution in [1.82, 2.24) is 4.57 Å². The minimum Gasteiger partial charge on any atom is -0.347 e. The predicted octanol–water partition coefficient (Wildman–Crippen LogP) is 4.26. The second-order valence-corrected chi connectivity index (χ2v) is 5.46. The van der Waals surface area contributed by atoms with Crippen molar-refractivity contribution in [1.29, 1.82) is 0 Å². The first-order chi connectivity index (χ1) is 9.90. The summed E-state index contributed by atoms with van der Waals surface area (Å²) in [5.74, 6) is 0. The van der Waals surface area contributed by atoms with Crippen molar-refractivity contribution in [3.05, 3.63) is 36.0 Å². The van der Waals surface area contributed by atoms with Gasteiger partial charge in [0, 0.05) is 25.2 Å². The third-order valence-corrected chi connectivity index (χ3v) is 3.74. The highest BCUT2D eigenvalue weighted by atomic mass is 19.4. The van der Waals surface area contributed by atoms with E-state index in [0.29, 0.717) is 6.54 Å². The summed E-state index contributed by atoms with van der Waals surface area (Å²) >= 11 is 0. The molecule has 2 nitrogen and oxygen atoms in total. The molecule has 1 atom stereocenters. The van der Waals surface area contributed by atoms with E-state index < -0.39 is 12.6 Å². The Bertz CT molecular complexity index is 587. The average Bonchev–Trinajstić information content (AvgIpc) is 2.82. The highest BCUT2D eigenvalue weighted by Crippen LogP contribution is 2.25. The molecule has 0 aliphatic heterocycles. The van der Waals surface area contributed by atoms with Crippen LogP contribution in [-0.4, -0.2) is 16.8 Å². The Labute approximate surface area is 122 Å². The maximum atomic E-state index is 12.3. The number of hydrogen-bond donors (Lipinski definition) is 1. The smallest absolute Gasteiger partial charge is 0.347 e. The number of nitrogens with zero attached hydrogens (tertiary/aromatic N) is 1. The maximum absolute atomic E-state index is 12.3. The Morgan fingerprint density at radius 3 is 2.67 bits per heavy atom. The van der Waals surface area contributed by atoms with Crippen molar-refractivity contribution < 1.29 is 13.2 Å². The fraction of sp³-hybridized carbons (Fsp3) is 0.500. The first-order valence-corrected chi connectivity index (χ1v) is 7.30. The molecule has 1 aromatic carbocycles. The molecule has 2 aromatic rings. The van der Waals surface area contributed by atoms with Gasteiger partial charge in [-0.1, -0.05) is 25.1 Å². The van der Waals surface area contributed by atoms with Gasteiger partial charge in [-0.05, 0) is 36.3 Å². The van der Waals surface area contributed by atoms with Crippen LogP contribution in [0, 0.1) is 0 Å². The van der Waals surface area contributed by atoms with Crippen molar-refractivity contribution in [2.24, 2.45) is 5.73 Å². The second kappa shape index (κ2) is 6.52. The molecule has 0 aliphatic carbocycles. The summed E-state index contributed by atoms with van der Waals surface area (Å²) in [5, 5.41) is 1.06. The summed E-state index contributed by atoms with van der Waals surface area (Å²) < 4.78 is 38.7. The molecule has 0 radical (unpaired) electrons. The lowest BCUT2D eigenvalue weighted by Gasteiger charge is -2.13. The number of fused-ring (bicyclic) bond motifs is 1. The highest BCUT2D eigenvalue weighted by molar-refractivity contribution is 5.83. The minimum absolute atomic E-state index is 0.0779. The molecular weight excluding hydrogens is 277 g/mol. The standard InChI is InChI=1S/C16H21F3N2/c1-2-14(20)11-13-6-3-5-12-7-10-21(15(12)13)9-4-8-16(17,18)19/h3,5-7,10,14H,2,4,8-9,11,20H2,1H3. The van der Waals surface area contributed by atoms with Gasteiger partial charge in [-0.3, -0.25) is 0 Å². The van der Waals surface area contributed by atoms with E-state index in [4.69, 9.17) is 5.73 Å². The van der Waals surface area contributed by atoms with Gasteiger partial charge in [0.05, 0.1) is 5.52 Å². The monoisotopic (exact) mass is 298 g/mol. The lowest BCUT2D eigenvalue weighted by atomic mass is 10.0. The van der Waals surface area contributed by atoms with E-state index in [1.165, 1.54) is 0 Å². The largest absolute Gasteiger partial charge is 0.389 e. The predicted molar refractivity (Wildman–Crippen MR) is 79.2 cm³/mol. The van der Waals surface area contributed by atoms with Crippen molar-refractivity contribution in [3.63, 3.8) is 0 Å². The SMILES string of the molecule is CCC(N)Cc1cccc2ccn(CCCC(F)(F)F)c12. The zero-order valence-electron chi connectivity index (χ0n) is 12.2. The molecule has 0 fully saturated rings. The van der Waals surface area contributed by atoms with Gasteiger partial charge in [-0.15, -0.1) is 0 Å². The Morgan fingerprint density at radius 1 is 1.24 bits per heavy atom. The summed E-state index contributed by atoms with van der Waals surface area (Å²) in [5.41, 5.74) is 8.14. The fourth-order valence-electron chi connectivity index (χ4n) is 2.57. The van der Waals surface area contributed by atoms with E-state index in [0.717, 1.165) is 29.3 Å². The van der Waals surface area contributed by atoms with E-state index in [-0.39, 0.29) is 12.5 Å². The number of benzene rings is 1. The molecule has 1 heterocycles. The quantitative estimate of drug-likeness (QED) is 0.848. The average molecular weight is 298 g/mol. The van der Waals surface area contributed by atoms with Gasteiger partial charge >= 0.3 is 6.18 Å². The molecule has 21 heavy (non-hydrogen) atoms. The van der Waals surface area contributed by atoms with Gasteiger partial charge in [0.1, 0.15) is 0 Å². The molecule has 0 amide bonds. The number of aryl methyl sites for hydroxylation is 1. The Balaban J connectivity index is 2.20. The zero-order valence-corrected chi connectivity index (χ0v) is 12.2. The van der Waals surface area contributed by atoms with Crippen molar-refractivity contribution >= 4 is 10.9 Å². The van der Waals surface area contributed by atoms with Gasteiger partial charge in [0.15, 0.2) is 0 Å². The van der Waals surface area contributed by atoms with Gasteiger partial charge in [-0.25, -0.2) is 0 Å². The van der Waals surface area contributed by atoms with Crippen LogP contribution in [-0.2, 0) is 13.0 Å². The molecule has 5 heteroatoms. The van der Waals surface area contributed by atoms with Crippen LogP contribution in [0.2, 0.25) is 0 Å². The Kier molecular flexibility index (Phi) is 4.93. The van der Waals surface area contributed by atoms with Gasteiger partial charge in [0.25, 0.3) is 0 Å². The van der Waals surface area contributed by atoms with E-state index in [1.54, 1.807) is 0 Å².